The minimum absolute atomic E-state index is 0.275. The molecule has 1 unspecified atom stereocenters. The van der Waals surface area contributed by atoms with Gasteiger partial charge in [-0.25, -0.2) is 9.37 Å². The topological polar surface area (TPSA) is 17.8 Å². The average molecular weight is 368 g/mol. The first-order chi connectivity index (χ1) is 9.97. The predicted molar refractivity (Wildman–Crippen MR) is 87.7 cm³/mol. The summed E-state index contributed by atoms with van der Waals surface area (Å²) in [7, 11) is 0. The van der Waals surface area contributed by atoms with Gasteiger partial charge in [0, 0.05) is 4.47 Å². The lowest BCUT2D eigenvalue weighted by Gasteiger charge is -2.13. The monoisotopic (exact) mass is 366 g/mol. The molecule has 0 aliphatic carbocycles. The van der Waals surface area contributed by atoms with Gasteiger partial charge in [-0.15, -0.1) is 11.6 Å². The third-order valence-electron chi connectivity index (χ3n) is 3.41. The molecule has 0 amide bonds. The first-order valence-electron chi connectivity index (χ1n) is 6.56. The lowest BCUT2D eigenvalue weighted by molar-refractivity contribution is 0.625. The molecular weight excluding hydrogens is 355 g/mol. The second kappa shape index (κ2) is 5.43. The number of aromatic nitrogens is 2. The van der Waals surface area contributed by atoms with Crippen LogP contribution in [0.25, 0.3) is 16.7 Å². The molecule has 0 saturated carbocycles. The molecule has 1 aromatic heterocycles. The molecule has 3 rings (SSSR count). The van der Waals surface area contributed by atoms with Crippen LogP contribution in [0.1, 0.15) is 23.7 Å². The van der Waals surface area contributed by atoms with Crippen LogP contribution in [0.15, 0.2) is 40.9 Å². The van der Waals surface area contributed by atoms with Crippen LogP contribution < -0.4 is 0 Å². The summed E-state index contributed by atoms with van der Waals surface area (Å²) in [4.78, 5) is 4.60. The molecule has 108 valence electrons. The van der Waals surface area contributed by atoms with Gasteiger partial charge in [0.05, 0.1) is 22.1 Å². The number of aryl methyl sites for hydroxylation is 1. The van der Waals surface area contributed by atoms with E-state index in [1.165, 1.54) is 12.1 Å². The fraction of sp³-hybridized carbons (Fsp3) is 0.188. The smallest absolute Gasteiger partial charge is 0.132 e. The van der Waals surface area contributed by atoms with E-state index in [0.29, 0.717) is 5.82 Å². The van der Waals surface area contributed by atoms with Crippen LogP contribution in [-0.2, 0) is 0 Å². The molecule has 5 heteroatoms. The molecular formula is C16H13BrClFN2. The van der Waals surface area contributed by atoms with Gasteiger partial charge >= 0.3 is 0 Å². The van der Waals surface area contributed by atoms with Gasteiger partial charge in [-0.1, -0.05) is 22.0 Å². The lowest BCUT2D eigenvalue weighted by atomic mass is 10.2. The van der Waals surface area contributed by atoms with Crippen LogP contribution in [-0.4, -0.2) is 9.55 Å². The number of fused-ring (bicyclic) bond motifs is 1. The normalized spacial score (nSPS) is 12.8. The average Bonchev–Trinajstić information content (AvgIpc) is 2.80. The van der Waals surface area contributed by atoms with Crippen LogP contribution in [0.4, 0.5) is 4.39 Å². The van der Waals surface area contributed by atoms with E-state index in [2.05, 4.69) is 20.9 Å². The fourth-order valence-electron chi connectivity index (χ4n) is 2.42. The standard InChI is InChI=1S/C16H13BrClFN2/c1-9-3-5-12(19)8-15(9)21-14-6-4-11(17)7-13(14)20-16(21)10(2)18/h3-8,10H,1-2H3. The predicted octanol–water partition coefficient (Wildman–Crippen LogP) is 5.54. The summed E-state index contributed by atoms with van der Waals surface area (Å²) < 4.78 is 16.5. The first-order valence-corrected chi connectivity index (χ1v) is 7.79. The molecule has 2 aromatic carbocycles. The van der Waals surface area contributed by atoms with Crippen LogP contribution in [0, 0.1) is 12.7 Å². The summed E-state index contributed by atoms with van der Waals surface area (Å²) in [6, 6.07) is 10.6. The maximum absolute atomic E-state index is 13.7. The van der Waals surface area contributed by atoms with Gasteiger partial charge in [-0.3, -0.25) is 4.57 Å². The van der Waals surface area contributed by atoms with Crippen LogP contribution >= 0.6 is 27.5 Å². The molecule has 2 nitrogen and oxygen atoms in total. The minimum atomic E-state index is -0.279. The molecule has 0 saturated heterocycles. The first kappa shape index (κ1) is 14.5. The van der Waals surface area contributed by atoms with E-state index in [1.807, 2.05) is 36.6 Å². The Bertz CT molecular complexity index is 827. The maximum Gasteiger partial charge on any atom is 0.132 e. The number of imidazole rings is 1. The highest BCUT2D eigenvalue weighted by atomic mass is 79.9. The van der Waals surface area contributed by atoms with Crippen molar-refractivity contribution in [2.75, 3.05) is 0 Å². The highest BCUT2D eigenvalue weighted by Crippen LogP contribution is 2.31. The Morgan fingerprint density at radius 3 is 2.71 bits per heavy atom. The largest absolute Gasteiger partial charge is 0.295 e. The van der Waals surface area contributed by atoms with E-state index in [9.17, 15) is 4.39 Å². The molecule has 1 atom stereocenters. The number of benzene rings is 2. The van der Waals surface area contributed by atoms with Crippen molar-refractivity contribution in [3.63, 3.8) is 0 Å². The van der Waals surface area contributed by atoms with Crippen molar-refractivity contribution in [2.45, 2.75) is 19.2 Å². The van der Waals surface area contributed by atoms with Crippen molar-refractivity contribution in [1.29, 1.82) is 0 Å². The SMILES string of the molecule is Cc1ccc(F)cc1-n1c(C(C)Cl)nc2cc(Br)ccc21. The summed E-state index contributed by atoms with van der Waals surface area (Å²) in [5, 5.41) is -0.279. The van der Waals surface area contributed by atoms with Crippen molar-refractivity contribution < 1.29 is 4.39 Å². The second-order valence-corrected chi connectivity index (χ2v) is 6.56. The Morgan fingerprint density at radius 1 is 1.24 bits per heavy atom. The van der Waals surface area contributed by atoms with Gasteiger partial charge in [-0.05, 0) is 49.7 Å². The summed E-state index contributed by atoms with van der Waals surface area (Å²) in [5.41, 5.74) is 3.48. The van der Waals surface area contributed by atoms with Gasteiger partial charge in [0.2, 0.25) is 0 Å². The Kier molecular flexibility index (Phi) is 3.76. The van der Waals surface area contributed by atoms with Crippen LogP contribution in [0.5, 0.6) is 0 Å². The van der Waals surface area contributed by atoms with Crippen LogP contribution in [0.2, 0.25) is 0 Å². The van der Waals surface area contributed by atoms with E-state index < -0.39 is 0 Å². The second-order valence-electron chi connectivity index (χ2n) is 4.99. The summed E-state index contributed by atoms with van der Waals surface area (Å²) in [6.07, 6.45) is 0. The van der Waals surface area contributed by atoms with Gasteiger partial charge in [0.15, 0.2) is 0 Å². The van der Waals surface area contributed by atoms with Gasteiger partial charge in [0.1, 0.15) is 11.6 Å². The van der Waals surface area contributed by atoms with E-state index in [1.54, 1.807) is 6.07 Å². The molecule has 0 spiro atoms. The quantitative estimate of drug-likeness (QED) is 0.544. The van der Waals surface area contributed by atoms with E-state index in [4.69, 9.17) is 11.6 Å². The fourth-order valence-corrected chi connectivity index (χ4v) is 2.91. The third-order valence-corrected chi connectivity index (χ3v) is 4.10. The molecule has 0 radical (unpaired) electrons. The number of halogens is 3. The highest BCUT2D eigenvalue weighted by molar-refractivity contribution is 9.10. The molecule has 21 heavy (non-hydrogen) atoms. The number of hydrogen-bond donors (Lipinski definition) is 0. The number of nitrogens with zero attached hydrogens (tertiary/aromatic N) is 2. The van der Waals surface area contributed by atoms with Crippen molar-refractivity contribution in [2.24, 2.45) is 0 Å². The minimum Gasteiger partial charge on any atom is -0.295 e. The molecule has 0 aliphatic heterocycles. The molecule has 0 N–H and O–H groups in total. The van der Waals surface area contributed by atoms with Gasteiger partial charge in [-0.2, -0.15) is 0 Å². The number of alkyl halides is 1. The van der Waals surface area contributed by atoms with Crippen molar-refractivity contribution >= 4 is 38.6 Å². The van der Waals surface area contributed by atoms with E-state index in [-0.39, 0.29) is 11.2 Å². The highest BCUT2D eigenvalue weighted by Gasteiger charge is 2.18. The van der Waals surface area contributed by atoms with E-state index >= 15 is 0 Å². The molecule has 0 bridgehead atoms. The van der Waals surface area contributed by atoms with Crippen molar-refractivity contribution in [3.8, 4) is 5.69 Å². The molecule has 0 aliphatic rings. The van der Waals surface area contributed by atoms with E-state index in [0.717, 1.165) is 26.8 Å². The summed E-state index contributed by atoms with van der Waals surface area (Å²) in [5.74, 6) is 0.432. The Hall–Kier alpha value is -1.39. The maximum atomic E-state index is 13.7. The zero-order valence-corrected chi connectivity index (χ0v) is 13.9. The summed E-state index contributed by atoms with van der Waals surface area (Å²) in [6.45, 7) is 3.81. The van der Waals surface area contributed by atoms with Crippen LogP contribution in [0.3, 0.4) is 0 Å². The molecule has 0 fully saturated rings. The zero-order chi connectivity index (χ0) is 15.1. The Labute approximate surface area is 135 Å². The van der Waals surface area contributed by atoms with Gasteiger partial charge in [0.25, 0.3) is 0 Å². The molecule has 1 heterocycles. The molecule has 3 aromatic rings. The zero-order valence-electron chi connectivity index (χ0n) is 11.6. The third kappa shape index (κ3) is 2.58. The lowest BCUT2D eigenvalue weighted by Crippen LogP contribution is -2.04. The number of rotatable bonds is 2. The van der Waals surface area contributed by atoms with Crippen molar-refractivity contribution in [1.82, 2.24) is 9.55 Å². The van der Waals surface area contributed by atoms with Gasteiger partial charge < -0.3 is 0 Å². The Balaban J connectivity index is 2.39. The Morgan fingerprint density at radius 2 is 2.00 bits per heavy atom. The van der Waals surface area contributed by atoms with Crippen molar-refractivity contribution in [3.05, 3.63) is 58.1 Å². The summed E-state index contributed by atoms with van der Waals surface area (Å²) >= 11 is 9.72. The number of hydrogen-bond acceptors (Lipinski definition) is 1.